The first-order valence-corrected chi connectivity index (χ1v) is 6.73. The van der Waals surface area contributed by atoms with Crippen LogP contribution in [0.4, 0.5) is 0 Å². The summed E-state index contributed by atoms with van der Waals surface area (Å²) in [6.07, 6.45) is 6.42. The number of aliphatic carboxylic acids is 2. The van der Waals surface area contributed by atoms with Gasteiger partial charge in [0.2, 0.25) is 0 Å². The molecule has 0 radical (unpaired) electrons. The van der Waals surface area contributed by atoms with Gasteiger partial charge in [0.1, 0.15) is 0 Å². The lowest BCUT2D eigenvalue weighted by Crippen LogP contribution is -2.26. The van der Waals surface area contributed by atoms with Crippen molar-refractivity contribution in [3.05, 3.63) is 11.1 Å². The van der Waals surface area contributed by atoms with Crippen molar-refractivity contribution in [2.75, 3.05) is 0 Å². The molecule has 0 heterocycles. The van der Waals surface area contributed by atoms with Crippen LogP contribution in [0.25, 0.3) is 0 Å². The molecule has 0 amide bonds. The van der Waals surface area contributed by atoms with E-state index in [2.05, 4.69) is 6.92 Å². The van der Waals surface area contributed by atoms with Crippen LogP contribution in [-0.4, -0.2) is 22.2 Å². The van der Waals surface area contributed by atoms with E-state index in [1.54, 1.807) is 0 Å². The van der Waals surface area contributed by atoms with Crippen molar-refractivity contribution in [2.24, 2.45) is 11.3 Å². The maximum atomic E-state index is 11.4. The summed E-state index contributed by atoms with van der Waals surface area (Å²) >= 11 is 0. The summed E-state index contributed by atoms with van der Waals surface area (Å²) in [5, 5.41) is 18.6. The van der Waals surface area contributed by atoms with Gasteiger partial charge in [0.15, 0.2) is 0 Å². The number of hydrogen-bond acceptors (Lipinski definition) is 2. The smallest absolute Gasteiger partial charge is 0.332 e. The molecule has 0 aromatic carbocycles. The third kappa shape index (κ3) is 1.93. The average Bonchev–Trinajstić information content (AvgIpc) is 2.84. The van der Waals surface area contributed by atoms with Crippen LogP contribution >= 0.6 is 0 Å². The van der Waals surface area contributed by atoms with Crippen LogP contribution in [0.1, 0.15) is 51.9 Å². The molecule has 2 N–H and O–H groups in total. The minimum Gasteiger partial charge on any atom is -0.478 e. The first-order valence-electron chi connectivity index (χ1n) is 6.73. The molecule has 2 atom stereocenters. The third-order valence-electron chi connectivity index (χ3n) is 4.52. The maximum absolute atomic E-state index is 11.4. The Labute approximate surface area is 107 Å². The lowest BCUT2D eigenvalue weighted by atomic mass is 9.75. The molecule has 2 bridgehead atoms. The summed E-state index contributed by atoms with van der Waals surface area (Å²) in [6.45, 7) is 2.11. The van der Waals surface area contributed by atoms with E-state index in [0.29, 0.717) is 0 Å². The highest BCUT2D eigenvalue weighted by Crippen LogP contribution is 2.59. The standard InChI is InChI=1S/C14H20O4/c1-2-3-4-6-14-7-5-9(8-14)10(12(15)16)11(14)13(17)18/h9H,2-8H2,1H3,(H,15,16)(H,17,18). The second kappa shape index (κ2) is 4.75. The van der Waals surface area contributed by atoms with Gasteiger partial charge in [-0.2, -0.15) is 0 Å². The van der Waals surface area contributed by atoms with Gasteiger partial charge in [0.25, 0.3) is 0 Å². The zero-order valence-electron chi connectivity index (χ0n) is 10.7. The van der Waals surface area contributed by atoms with Crippen molar-refractivity contribution in [3.8, 4) is 0 Å². The zero-order valence-corrected chi connectivity index (χ0v) is 10.7. The first-order chi connectivity index (χ1) is 8.52. The van der Waals surface area contributed by atoms with E-state index in [1.807, 2.05) is 0 Å². The Morgan fingerprint density at radius 3 is 2.56 bits per heavy atom. The minimum absolute atomic E-state index is 0.0322. The Balaban J connectivity index is 2.30. The molecule has 2 rings (SSSR count). The number of carboxylic acid groups (broad SMARTS) is 2. The van der Waals surface area contributed by atoms with Crippen LogP contribution in [0, 0.1) is 11.3 Å². The van der Waals surface area contributed by atoms with Crippen molar-refractivity contribution in [2.45, 2.75) is 51.9 Å². The average molecular weight is 252 g/mol. The summed E-state index contributed by atoms with van der Waals surface area (Å²) in [5.41, 5.74) is 0.0481. The van der Waals surface area contributed by atoms with Gasteiger partial charge in [0, 0.05) is 5.41 Å². The van der Waals surface area contributed by atoms with Crippen molar-refractivity contribution in [1.82, 2.24) is 0 Å². The van der Waals surface area contributed by atoms with Gasteiger partial charge >= 0.3 is 11.9 Å². The molecule has 0 saturated heterocycles. The lowest BCUT2D eigenvalue weighted by molar-refractivity contribution is -0.137. The summed E-state index contributed by atoms with van der Waals surface area (Å²) < 4.78 is 0. The van der Waals surface area contributed by atoms with E-state index < -0.39 is 11.9 Å². The third-order valence-corrected chi connectivity index (χ3v) is 4.52. The number of unbranched alkanes of at least 4 members (excludes halogenated alkanes) is 2. The van der Waals surface area contributed by atoms with E-state index in [4.69, 9.17) is 0 Å². The lowest BCUT2D eigenvalue weighted by Gasteiger charge is -2.28. The molecule has 2 aliphatic carbocycles. The Morgan fingerprint density at radius 2 is 2.00 bits per heavy atom. The molecule has 2 aliphatic rings. The molecule has 2 unspecified atom stereocenters. The summed E-state index contributed by atoms with van der Waals surface area (Å²) in [5.74, 6) is -2.09. The first kappa shape index (κ1) is 13.1. The number of hydrogen-bond donors (Lipinski definition) is 2. The normalized spacial score (nSPS) is 29.9. The molecule has 1 fully saturated rings. The maximum Gasteiger partial charge on any atom is 0.332 e. The van der Waals surface area contributed by atoms with Crippen LogP contribution in [-0.2, 0) is 9.59 Å². The predicted molar refractivity (Wildman–Crippen MR) is 66.2 cm³/mol. The fraction of sp³-hybridized carbons (Fsp3) is 0.714. The van der Waals surface area contributed by atoms with Gasteiger partial charge in [-0.25, -0.2) is 9.59 Å². The number of carboxylic acids is 2. The van der Waals surface area contributed by atoms with E-state index in [0.717, 1.165) is 44.9 Å². The topological polar surface area (TPSA) is 74.6 Å². The number of carbonyl (C=O) groups is 2. The van der Waals surface area contributed by atoms with Gasteiger partial charge in [-0.05, 0) is 31.6 Å². The highest BCUT2D eigenvalue weighted by atomic mass is 16.4. The van der Waals surface area contributed by atoms with Crippen LogP contribution in [0.2, 0.25) is 0 Å². The van der Waals surface area contributed by atoms with Crippen LogP contribution < -0.4 is 0 Å². The largest absolute Gasteiger partial charge is 0.478 e. The van der Waals surface area contributed by atoms with E-state index in [-0.39, 0.29) is 22.5 Å². The van der Waals surface area contributed by atoms with Gasteiger partial charge < -0.3 is 10.2 Å². The Bertz CT molecular complexity index is 410. The second-order valence-electron chi connectivity index (χ2n) is 5.58. The fourth-order valence-corrected chi connectivity index (χ4v) is 3.78. The summed E-state index contributed by atoms with van der Waals surface area (Å²) in [6, 6.07) is 0. The van der Waals surface area contributed by atoms with Gasteiger partial charge in [-0.1, -0.05) is 26.2 Å². The molecule has 100 valence electrons. The molecule has 0 aromatic rings. The van der Waals surface area contributed by atoms with E-state index in [9.17, 15) is 19.8 Å². The number of fused-ring (bicyclic) bond motifs is 2. The quantitative estimate of drug-likeness (QED) is 0.713. The van der Waals surface area contributed by atoms with E-state index >= 15 is 0 Å². The minimum atomic E-state index is -1.03. The Kier molecular flexibility index (Phi) is 3.46. The highest BCUT2D eigenvalue weighted by molar-refractivity contribution is 6.01. The molecule has 4 heteroatoms. The van der Waals surface area contributed by atoms with Crippen molar-refractivity contribution in [3.63, 3.8) is 0 Å². The van der Waals surface area contributed by atoms with Gasteiger partial charge in [-0.3, -0.25) is 0 Å². The zero-order chi connectivity index (χ0) is 13.3. The Hall–Kier alpha value is -1.32. The summed E-state index contributed by atoms with van der Waals surface area (Å²) in [7, 11) is 0. The predicted octanol–water partition coefficient (Wildman–Crippen LogP) is 2.83. The molecular formula is C14H20O4. The van der Waals surface area contributed by atoms with Crippen LogP contribution in [0.5, 0.6) is 0 Å². The molecule has 0 spiro atoms. The van der Waals surface area contributed by atoms with Gasteiger partial charge in [-0.15, -0.1) is 0 Å². The number of rotatable bonds is 6. The SMILES string of the molecule is CCCCCC12CCC(C1)C(C(=O)O)=C2C(=O)O. The van der Waals surface area contributed by atoms with Gasteiger partial charge in [0.05, 0.1) is 11.1 Å². The highest BCUT2D eigenvalue weighted by Gasteiger charge is 2.54. The second-order valence-corrected chi connectivity index (χ2v) is 5.58. The van der Waals surface area contributed by atoms with Crippen molar-refractivity contribution < 1.29 is 19.8 Å². The van der Waals surface area contributed by atoms with Crippen molar-refractivity contribution >= 4 is 11.9 Å². The fourth-order valence-electron chi connectivity index (χ4n) is 3.78. The van der Waals surface area contributed by atoms with E-state index in [1.165, 1.54) is 0 Å². The molecule has 18 heavy (non-hydrogen) atoms. The van der Waals surface area contributed by atoms with Crippen LogP contribution in [0.15, 0.2) is 11.1 Å². The Morgan fingerprint density at radius 1 is 1.28 bits per heavy atom. The molecule has 0 aliphatic heterocycles. The molecule has 4 nitrogen and oxygen atoms in total. The molecule has 0 aromatic heterocycles. The summed E-state index contributed by atoms with van der Waals surface area (Å²) in [4.78, 5) is 22.7. The molecule has 1 saturated carbocycles. The van der Waals surface area contributed by atoms with Crippen molar-refractivity contribution in [1.29, 1.82) is 0 Å². The van der Waals surface area contributed by atoms with Crippen LogP contribution in [0.3, 0.4) is 0 Å². The monoisotopic (exact) mass is 252 g/mol. The molecular weight excluding hydrogens is 232 g/mol.